The van der Waals surface area contributed by atoms with Gasteiger partial charge < -0.3 is 10.8 Å². The van der Waals surface area contributed by atoms with Crippen LogP contribution in [0.4, 0.5) is 0 Å². The number of hydrogen-bond donors (Lipinski definition) is 2. The molecule has 0 heterocycles. The number of phenols is 1. The van der Waals surface area contributed by atoms with E-state index in [2.05, 4.69) is 0 Å². The highest BCUT2D eigenvalue weighted by Crippen LogP contribution is 2.31. The average molecular weight is 214 g/mol. The fourth-order valence-electron chi connectivity index (χ4n) is 1.35. The third kappa shape index (κ3) is 2.63. The Morgan fingerprint density at radius 2 is 2.00 bits per heavy atom. The van der Waals surface area contributed by atoms with Crippen LogP contribution in [-0.2, 0) is 6.42 Å². The topological polar surface area (TPSA) is 46.2 Å². The minimum Gasteiger partial charge on any atom is -0.507 e. The van der Waals surface area contributed by atoms with Crippen molar-refractivity contribution in [2.24, 2.45) is 5.73 Å². The average Bonchev–Trinajstić information content (AvgIpc) is 2.04. The second-order valence-electron chi connectivity index (χ2n) is 4.36. The summed E-state index contributed by atoms with van der Waals surface area (Å²) in [5.74, 6) is 0.260. The van der Waals surface area contributed by atoms with Gasteiger partial charge in [0.15, 0.2) is 0 Å². The summed E-state index contributed by atoms with van der Waals surface area (Å²) in [4.78, 5) is 0. The molecule has 0 unspecified atom stereocenters. The van der Waals surface area contributed by atoms with Crippen molar-refractivity contribution in [1.29, 1.82) is 0 Å². The summed E-state index contributed by atoms with van der Waals surface area (Å²) in [6.07, 6.45) is 0.569. The normalized spacial score (nSPS) is 11.8. The fraction of sp³-hybridized carbons (Fsp3) is 0.455. The molecule has 3 heteroatoms. The molecule has 14 heavy (non-hydrogen) atoms. The van der Waals surface area contributed by atoms with Crippen LogP contribution in [0.3, 0.4) is 0 Å². The molecule has 0 aliphatic carbocycles. The van der Waals surface area contributed by atoms with Crippen LogP contribution in [0.1, 0.15) is 25.0 Å². The van der Waals surface area contributed by atoms with Gasteiger partial charge in [0.25, 0.3) is 0 Å². The van der Waals surface area contributed by atoms with Crippen LogP contribution in [0.15, 0.2) is 12.1 Å². The number of halogens is 1. The zero-order chi connectivity index (χ0) is 10.9. The van der Waals surface area contributed by atoms with Gasteiger partial charge in [-0.15, -0.1) is 0 Å². The van der Waals surface area contributed by atoms with E-state index >= 15 is 0 Å². The Labute approximate surface area is 89.7 Å². The van der Waals surface area contributed by atoms with Crippen LogP contribution in [0, 0.1) is 6.92 Å². The van der Waals surface area contributed by atoms with Crippen LogP contribution in [0.25, 0.3) is 0 Å². The second kappa shape index (κ2) is 3.79. The Hall–Kier alpha value is -0.730. The number of rotatable bonds is 2. The van der Waals surface area contributed by atoms with Crippen molar-refractivity contribution in [2.45, 2.75) is 32.7 Å². The third-order valence-corrected chi connectivity index (χ3v) is 2.41. The van der Waals surface area contributed by atoms with Crippen molar-refractivity contribution >= 4 is 11.6 Å². The molecule has 0 spiro atoms. The van der Waals surface area contributed by atoms with Gasteiger partial charge in [-0.25, -0.2) is 0 Å². The molecule has 0 saturated carbocycles. The van der Waals surface area contributed by atoms with Crippen LogP contribution in [0.2, 0.25) is 5.02 Å². The van der Waals surface area contributed by atoms with Crippen LogP contribution in [0.5, 0.6) is 5.75 Å². The summed E-state index contributed by atoms with van der Waals surface area (Å²) in [5.41, 5.74) is 7.08. The zero-order valence-electron chi connectivity index (χ0n) is 8.76. The van der Waals surface area contributed by atoms with Crippen molar-refractivity contribution < 1.29 is 5.11 Å². The maximum atomic E-state index is 9.80. The van der Waals surface area contributed by atoms with Crippen LogP contribution in [-0.4, -0.2) is 10.6 Å². The highest BCUT2D eigenvalue weighted by molar-refractivity contribution is 6.31. The molecular formula is C11H16ClNO. The van der Waals surface area contributed by atoms with Gasteiger partial charge in [-0.2, -0.15) is 0 Å². The van der Waals surface area contributed by atoms with Gasteiger partial charge in [0, 0.05) is 16.1 Å². The van der Waals surface area contributed by atoms with Crippen LogP contribution < -0.4 is 5.73 Å². The molecular weight excluding hydrogens is 198 g/mol. The Bertz CT molecular complexity index is 342. The third-order valence-electron chi connectivity index (χ3n) is 2.06. The van der Waals surface area contributed by atoms with Crippen molar-refractivity contribution in [3.05, 3.63) is 28.3 Å². The lowest BCUT2D eigenvalue weighted by molar-refractivity contribution is 0.446. The minimum absolute atomic E-state index is 0.260. The molecule has 0 fully saturated rings. The molecule has 2 nitrogen and oxygen atoms in total. The smallest absolute Gasteiger partial charge is 0.123 e. The molecule has 0 aromatic heterocycles. The summed E-state index contributed by atoms with van der Waals surface area (Å²) in [6.45, 7) is 5.66. The first-order chi connectivity index (χ1) is 6.31. The van der Waals surface area contributed by atoms with Crippen LogP contribution >= 0.6 is 11.6 Å². The molecule has 0 amide bonds. The maximum Gasteiger partial charge on any atom is 0.123 e. The highest BCUT2D eigenvalue weighted by Gasteiger charge is 2.17. The molecule has 1 aromatic carbocycles. The molecule has 78 valence electrons. The molecule has 1 aromatic rings. The van der Waals surface area contributed by atoms with E-state index in [0.717, 1.165) is 11.1 Å². The molecule has 0 radical (unpaired) electrons. The summed E-state index contributed by atoms with van der Waals surface area (Å²) in [7, 11) is 0. The predicted octanol–water partition coefficient (Wildman–Crippen LogP) is 2.63. The number of aromatic hydroxyl groups is 1. The highest BCUT2D eigenvalue weighted by atomic mass is 35.5. The molecule has 0 bridgehead atoms. The van der Waals surface area contributed by atoms with Gasteiger partial charge in [-0.3, -0.25) is 0 Å². The SMILES string of the molecule is Cc1ccc(Cl)c(CC(C)(C)N)c1O. The van der Waals surface area contributed by atoms with E-state index in [4.69, 9.17) is 17.3 Å². The van der Waals surface area contributed by atoms with Gasteiger partial charge in [0.1, 0.15) is 5.75 Å². The minimum atomic E-state index is -0.366. The quantitative estimate of drug-likeness (QED) is 0.794. The van der Waals surface area contributed by atoms with E-state index in [1.165, 1.54) is 0 Å². The standard InChI is InChI=1S/C11H16ClNO/c1-7-4-5-9(12)8(10(7)14)6-11(2,3)13/h4-5,14H,6,13H2,1-3H3. The van der Waals surface area contributed by atoms with E-state index < -0.39 is 0 Å². The summed E-state index contributed by atoms with van der Waals surface area (Å²) in [5, 5.41) is 10.4. The Kier molecular flexibility index (Phi) is 3.07. The number of hydrogen-bond acceptors (Lipinski definition) is 2. The van der Waals surface area contributed by atoms with Gasteiger partial charge >= 0.3 is 0 Å². The Morgan fingerprint density at radius 3 is 2.50 bits per heavy atom. The number of nitrogens with two attached hydrogens (primary N) is 1. The molecule has 0 aliphatic rings. The lowest BCUT2D eigenvalue weighted by Crippen LogP contribution is -2.34. The number of aryl methyl sites for hydroxylation is 1. The van der Waals surface area contributed by atoms with Gasteiger partial charge in [0.2, 0.25) is 0 Å². The molecule has 0 atom stereocenters. The van der Waals surface area contributed by atoms with Crippen molar-refractivity contribution in [2.75, 3.05) is 0 Å². The molecule has 3 N–H and O–H groups in total. The zero-order valence-corrected chi connectivity index (χ0v) is 9.52. The van der Waals surface area contributed by atoms with E-state index in [9.17, 15) is 5.11 Å². The molecule has 0 aliphatic heterocycles. The van der Waals surface area contributed by atoms with E-state index in [-0.39, 0.29) is 11.3 Å². The van der Waals surface area contributed by atoms with E-state index in [1.54, 1.807) is 12.1 Å². The first kappa shape index (κ1) is 11.3. The first-order valence-corrected chi connectivity index (χ1v) is 4.95. The number of phenolic OH excluding ortho intramolecular Hbond substituents is 1. The van der Waals surface area contributed by atoms with Gasteiger partial charge in [-0.1, -0.05) is 17.7 Å². The number of benzene rings is 1. The van der Waals surface area contributed by atoms with Crippen molar-refractivity contribution in [3.8, 4) is 5.75 Å². The van der Waals surface area contributed by atoms with Crippen molar-refractivity contribution in [1.82, 2.24) is 0 Å². The monoisotopic (exact) mass is 213 g/mol. The van der Waals surface area contributed by atoms with E-state index in [1.807, 2.05) is 20.8 Å². The Balaban J connectivity index is 3.13. The molecule has 0 saturated heterocycles. The maximum absolute atomic E-state index is 9.80. The van der Waals surface area contributed by atoms with Gasteiger partial charge in [0.05, 0.1) is 0 Å². The van der Waals surface area contributed by atoms with Gasteiger partial charge in [-0.05, 0) is 38.8 Å². The Morgan fingerprint density at radius 1 is 1.43 bits per heavy atom. The lowest BCUT2D eigenvalue weighted by Gasteiger charge is -2.20. The van der Waals surface area contributed by atoms with Crippen molar-refractivity contribution in [3.63, 3.8) is 0 Å². The second-order valence-corrected chi connectivity index (χ2v) is 4.76. The summed E-state index contributed by atoms with van der Waals surface area (Å²) >= 11 is 5.99. The largest absolute Gasteiger partial charge is 0.507 e. The van der Waals surface area contributed by atoms with E-state index in [0.29, 0.717) is 11.4 Å². The lowest BCUT2D eigenvalue weighted by atomic mass is 9.94. The molecule has 1 rings (SSSR count). The fourth-order valence-corrected chi connectivity index (χ4v) is 1.57. The first-order valence-electron chi connectivity index (χ1n) is 4.57. The predicted molar refractivity (Wildman–Crippen MR) is 59.8 cm³/mol. The summed E-state index contributed by atoms with van der Waals surface area (Å²) in [6, 6.07) is 3.59. The summed E-state index contributed by atoms with van der Waals surface area (Å²) < 4.78 is 0.